The Morgan fingerprint density at radius 3 is 1.86 bits per heavy atom. The molecule has 2 fully saturated rings. The lowest BCUT2D eigenvalue weighted by Crippen LogP contribution is -2.66. The summed E-state index contributed by atoms with van der Waals surface area (Å²) in [5.74, 6) is -6.76. The molecule has 21 heteroatoms. The molecule has 21 nitrogen and oxygen atoms in total. The van der Waals surface area contributed by atoms with Crippen molar-refractivity contribution < 1.29 is 97.9 Å². The summed E-state index contributed by atoms with van der Waals surface area (Å²) in [7, 11) is 1.88. The van der Waals surface area contributed by atoms with Crippen LogP contribution in [-0.4, -0.2) is 139 Å². The van der Waals surface area contributed by atoms with Gasteiger partial charge in [0.15, 0.2) is 59.1 Å². The van der Waals surface area contributed by atoms with Crippen molar-refractivity contribution in [1.82, 2.24) is 0 Å². The standard InChI is InChI=1S/C38H36O21/c1-52-35(50)31-28(47)30(49)34(37(57-31)54-16-11-21(43)26-22(44)13-23(55-24(26)12-16)15-5-7-18(40)20(42)10-15)59-38-33(29(48)27(46)32(58-38)36(51)53-2)56-25(45)8-4-14-3-6-17(39)19(41)9-14/h3-13,27-34,37-43,46-49H,1-2H3/b8-4+/t27-,28-,29-,30-,31-,32-,33+,34+,37+,38-/m0/s1. The Labute approximate surface area is 330 Å². The molecule has 6 rings (SSSR count). The Kier molecular flexibility index (Phi) is 12.3. The number of aliphatic hydroxyl groups excluding tert-OH is 4. The van der Waals surface area contributed by atoms with Crippen LogP contribution in [0.3, 0.4) is 0 Å². The minimum atomic E-state index is -2.18. The third-order valence-electron chi connectivity index (χ3n) is 9.21. The average molecular weight is 829 g/mol. The summed E-state index contributed by atoms with van der Waals surface area (Å²) in [6, 6.07) is 10.2. The molecule has 0 saturated carbocycles. The van der Waals surface area contributed by atoms with E-state index in [0.29, 0.717) is 0 Å². The van der Waals surface area contributed by atoms with Crippen LogP contribution in [0.15, 0.2) is 69.9 Å². The first-order chi connectivity index (χ1) is 28.0. The molecule has 2 saturated heterocycles. The van der Waals surface area contributed by atoms with Gasteiger partial charge < -0.3 is 83.5 Å². The molecule has 1 aromatic heterocycles. The van der Waals surface area contributed by atoms with E-state index in [1.165, 1.54) is 12.1 Å². The van der Waals surface area contributed by atoms with Crippen LogP contribution in [0.5, 0.6) is 34.5 Å². The summed E-state index contributed by atoms with van der Waals surface area (Å²) in [6.07, 6.45) is -18.8. The zero-order valence-electron chi connectivity index (χ0n) is 30.5. The first-order valence-corrected chi connectivity index (χ1v) is 17.3. The van der Waals surface area contributed by atoms with Crippen molar-refractivity contribution in [3.63, 3.8) is 0 Å². The Balaban J connectivity index is 1.35. The summed E-state index contributed by atoms with van der Waals surface area (Å²) in [5, 5.41) is 93.7. The van der Waals surface area contributed by atoms with E-state index in [-0.39, 0.29) is 33.6 Å². The highest BCUT2D eigenvalue weighted by Gasteiger charge is 2.55. The Hall–Kier alpha value is -6.46. The van der Waals surface area contributed by atoms with Crippen LogP contribution in [0.25, 0.3) is 28.4 Å². The number of ether oxygens (including phenoxy) is 7. The molecule has 3 aromatic carbocycles. The number of aromatic hydroxyl groups is 5. The van der Waals surface area contributed by atoms with Gasteiger partial charge in [-0.25, -0.2) is 14.4 Å². The molecule has 0 aliphatic carbocycles. The first kappa shape index (κ1) is 42.2. The number of methoxy groups -OCH3 is 2. The van der Waals surface area contributed by atoms with Gasteiger partial charge in [-0.3, -0.25) is 4.79 Å². The summed E-state index contributed by atoms with van der Waals surface area (Å²) in [5.41, 5.74) is -0.695. The van der Waals surface area contributed by atoms with E-state index in [2.05, 4.69) is 9.47 Å². The number of carbonyl (C=O) groups is 3. The molecular weight excluding hydrogens is 792 g/mol. The highest BCUT2D eigenvalue weighted by Crippen LogP contribution is 2.37. The van der Waals surface area contributed by atoms with E-state index in [4.69, 9.17) is 28.1 Å². The van der Waals surface area contributed by atoms with Gasteiger partial charge >= 0.3 is 17.9 Å². The maximum atomic E-state index is 13.1. The van der Waals surface area contributed by atoms with Crippen LogP contribution in [-0.2, 0) is 42.8 Å². The van der Waals surface area contributed by atoms with Crippen LogP contribution in [0.1, 0.15) is 5.56 Å². The van der Waals surface area contributed by atoms with Crippen molar-refractivity contribution >= 4 is 35.0 Å². The fraction of sp³-hybridized carbons (Fsp3) is 0.316. The summed E-state index contributed by atoms with van der Waals surface area (Å²) >= 11 is 0. The molecule has 9 N–H and O–H groups in total. The van der Waals surface area contributed by atoms with E-state index < -0.39 is 113 Å². The van der Waals surface area contributed by atoms with Gasteiger partial charge in [0.25, 0.3) is 0 Å². The number of hydrogen-bond donors (Lipinski definition) is 9. The van der Waals surface area contributed by atoms with Crippen molar-refractivity contribution in [3.8, 4) is 45.8 Å². The first-order valence-electron chi connectivity index (χ1n) is 17.3. The number of aliphatic hydroxyl groups is 4. The molecule has 2 aliphatic rings. The number of phenols is 5. The van der Waals surface area contributed by atoms with Crippen molar-refractivity contribution in [2.24, 2.45) is 0 Å². The highest BCUT2D eigenvalue weighted by atomic mass is 16.8. The highest BCUT2D eigenvalue weighted by molar-refractivity contribution is 5.88. The van der Waals surface area contributed by atoms with Crippen LogP contribution < -0.4 is 10.2 Å². The maximum Gasteiger partial charge on any atom is 0.337 e. The van der Waals surface area contributed by atoms with Crippen molar-refractivity contribution in [2.45, 2.75) is 61.4 Å². The van der Waals surface area contributed by atoms with Gasteiger partial charge in [0.05, 0.1) is 14.2 Å². The van der Waals surface area contributed by atoms with Gasteiger partial charge in [0.1, 0.15) is 52.6 Å². The van der Waals surface area contributed by atoms with E-state index >= 15 is 0 Å². The fourth-order valence-electron chi connectivity index (χ4n) is 6.17. The predicted molar refractivity (Wildman–Crippen MR) is 192 cm³/mol. The number of esters is 3. The van der Waals surface area contributed by atoms with Gasteiger partial charge in [-0.05, 0) is 42.0 Å². The quantitative estimate of drug-likeness (QED) is 0.0426. The third kappa shape index (κ3) is 8.71. The number of rotatable bonds is 10. The molecule has 2 aliphatic heterocycles. The lowest BCUT2D eigenvalue weighted by molar-refractivity contribution is -0.351. The monoisotopic (exact) mass is 828 g/mol. The Morgan fingerprint density at radius 1 is 0.661 bits per heavy atom. The normalized spacial score (nSPS) is 26.9. The molecule has 314 valence electrons. The summed E-state index contributed by atoms with van der Waals surface area (Å²) in [6.45, 7) is 0. The molecular formula is C38H36O21. The molecule has 0 bridgehead atoms. The fourth-order valence-corrected chi connectivity index (χ4v) is 6.17. The second kappa shape index (κ2) is 17.2. The second-order valence-corrected chi connectivity index (χ2v) is 13.1. The van der Waals surface area contributed by atoms with Gasteiger partial charge in [-0.2, -0.15) is 0 Å². The smallest absolute Gasteiger partial charge is 0.337 e. The molecule has 0 radical (unpaired) electrons. The second-order valence-electron chi connectivity index (χ2n) is 13.1. The Bertz CT molecular complexity index is 2320. The van der Waals surface area contributed by atoms with E-state index in [1.54, 1.807) is 0 Å². The predicted octanol–water partition coefficient (Wildman–Crippen LogP) is -0.383. The zero-order valence-corrected chi connectivity index (χ0v) is 30.5. The third-order valence-corrected chi connectivity index (χ3v) is 9.21. The van der Waals surface area contributed by atoms with Gasteiger partial charge in [-0.15, -0.1) is 0 Å². The van der Waals surface area contributed by atoms with Crippen LogP contribution in [0, 0.1) is 0 Å². The Morgan fingerprint density at radius 2 is 1.25 bits per heavy atom. The van der Waals surface area contributed by atoms with Gasteiger partial charge in [0.2, 0.25) is 6.29 Å². The molecule has 4 aromatic rings. The lowest BCUT2D eigenvalue weighted by atomic mass is 9.96. The van der Waals surface area contributed by atoms with Gasteiger partial charge in [-0.1, -0.05) is 6.07 Å². The molecule has 3 heterocycles. The topological polar surface area (TPSA) is 328 Å². The number of hydrogen-bond acceptors (Lipinski definition) is 21. The lowest BCUT2D eigenvalue weighted by Gasteiger charge is -2.45. The molecule has 0 unspecified atom stereocenters. The molecule has 10 atom stereocenters. The SMILES string of the molecule is COC(=O)[C@H]1O[C@@H](O[C@H]2[C@H](Oc3cc(O)c4c(=O)cc(-c5ccc(O)c(O)c5)oc4c3)O[C@H](C(=O)OC)[C@@H](O)[C@@H]2O)[C@H](OC(=O)/C=C/c2ccc(O)c(O)c2)[C@@H](O)[C@@H]1O. The molecule has 59 heavy (non-hydrogen) atoms. The number of benzene rings is 3. The number of fused-ring (bicyclic) bond motifs is 1. The van der Waals surface area contributed by atoms with Crippen LogP contribution in [0.2, 0.25) is 0 Å². The van der Waals surface area contributed by atoms with E-state index in [1.807, 2.05) is 0 Å². The summed E-state index contributed by atoms with van der Waals surface area (Å²) < 4.78 is 43.5. The van der Waals surface area contributed by atoms with E-state index in [9.17, 15) is 65.1 Å². The number of carbonyl (C=O) groups excluding carboxylic acids is 3. The minimum Gasteiger partial charge on any atom is -0.507 e. The zero-order chi connectivity index (χ0) is 42.9. The largest absolute Gasteiger partial charge is 0.507 e. The summed E-state index contributed by atoms with van der Waals surface area (Å²) in [4.78, 5) is 51.3. The van der Waals surface area contributed by atoms with E-state index in [0.717, 1.165) is 68.8 Å². The van der Waals surface area contributed by atoms with Crippen LogP contribution >= 0.6 is 0 Å². The van der Waals surface area contributed by atoms with Crippen molar-refractivity contribution in [3.05, 3.63) is 76.5 Å². The van der Waals surface area contributed by atoms with Crippen LogP contribution in [0.4, 0.5) is 0 Å². The van der Waals surface area contributed by atoms with Crippen molar-refractivity contribution in [2.75, 3.05) is 14.2 Å². The van der Waals surface area contributed by atoms with Crippen molar-refractivity contribution in [1.29, 1.82) is 0 Å². The minimum absolute atomic E-state index is 0.124. The average Bonchev–Trinajstić information content (AvgIpc) is 3.20. The molecule has 0 amide bonds. The molecule has 0 spiro atoms. The maximum absolute atomic E-state index is 13.1. The number of phenolic OH excluding ortho intramolecular Hbond substituents is 5. The van der Waals surface area contributed by atoms with Gasteiger partial charge in [0, 0.05) is 29.8 Å².